The second-order valence-electron chi connectivity index (χ2n) is 5.36. The third-order valence-corrected chi connectivity index (χ3v) is 4.22. The van der Waals surface area contributed by atoms with E-state index in [1.807, 2.05) is 24.3 Å². The molecule has 1 fully saturated rings. The monoisotopic (exact) mass is 324 g/mol. The van der Waals surface area contributed by atoms with Crippen LogP contribution in [0.2, 0.25) is 0 Å². The minimum absolute atomic E-state index is 0. The predicted octanol–water partition coefficient (Wildman–Crippen LogP) is 3.19. The second-order valence-corrected chi connectivity index (χ2v) is 5.36. The van der Waals surface area contributed by atoms with E-state index in [2.05, 4.69) is 22.3 Å². The van der Waals surface area contributed by atoms with E-state index in [1.165, 1.54) is 0 Å². The van der Waals surface area contributed by atoms with Gasteiger partial charge in [0.25, 0.3) is 0 Å². The quantitative estimate of drug-likeness (QED) is 0.935. The van der Waals surface area contributed by atoms with Crippen molar-refractivity contribution in [2.75, 3.05) is 40.0 Å². The van der Waals surface area contributed by atoms with Crippen molar-refractivity contribution >= 4 is 23.2 Å². The number of nitrogens with one attached hydrogen (secondary N) is 1. The van der Waals surface area contributed by atoms with Crippen molar-refractivity contribution in [3.8, 4) is 5.75 Å². The van der Waals surface area contributed by atoms with E-state index in [0.29, 0.717) is 0 Å². The molecule has 0 aliphatic carbocycles. The van der Waals surface area contributed by atoms with Gasteiger partial charge in [-0.05, 0) is 16.8 Å². The van der Waals surface area contributed by atoms with E-state index >= 15 is 0 Å². The van der Waals surface area contributed by atoms with Gasteiger partial charge in [-0.15, -0.1) is 12.4 Å². The van der Waals surface area contributed by atoms with Crippen LogP contribution in [0.4, 0.5) is 4.39 Å². The average Bonchev–Trinajstić information content (AvgIpc) is 2.56. The molecule has 0 spiro atoms. The Morgan fingerprint density at radius 2 is 1.91 bits per heavy atom. The highest BCUT2D eigenvalue weighted by atomic mass is 35.5. The van der Waals surface area contributed by atoms with Crippen LogP contribution < -0.4 is 10.1 Å². The zero-order valence-corrected chi connectivity index (χ0v) is 13.5. The molecule has 2 aromatic carbocycles. The molecule has 22 heavy (non-hydrogen) atoms. The first-order valence-electron chi connectivity index (χ1n) is 7.41. The van der Waals surface area contributed by atoms with Crippen LogP contribution in [0.1, 0.15) is 11.6 Å². The van der Waals surface area contributed by atoms with Gasteiger partial charge >= 0.3 is 0 Å². The molecule has 1 heterocycles. The molecule has 120 valence electrons. The van der Waals surface area contributed by atoms with Gasteiger partial charge in [-0.2, -0.15) is 0 Å². The molecular formula is C17H22ClFN2O. The van der Waals surface area contributed by atoms with Crippen molar-refractivity contribution in [3.05, 3.63) is 42.0 Å². The van der Waals surface area contributed by atoms with Gasteiger partial charge in [0.1, 0.15) is 12.4 Å². The van der Waals surface area contributed by atoms with E-state index in [0.717, 1.165) is 48.3 Å². The number of benzene rings is 2. The van der Waals surface area contributed by atoms with Crippen molar-refractivity contribution in [3.63, 3.8) is 0 Å². The van der Waals surface area contributed by atoms with Crippen LogP contribution >= 0.6 is 12.4 Å². The predicted molar refractivity (Wildman–Crippen MR) is 90.9 cm³/mol. The fraction of sp³-hybridized carbons (Fsp3) is 0.412. The van der Waals surface area contributed by atoms with Crippen LogP contribution in [0, 0.1) is 0 Å². The maximum atomic E-state index is 13.9. The van der Waals surface area contributed by atoms with Gasteiger partial charge in [0, 0.05) is 31.7 Å². The smallest absolute Gasteiger partial charge is 0.124 e. The number of rotatable bonds is 4. The Bertz CT molecular complexity index is 617. The van der Waals surface area contributed by atoms with Crippen molar-refractivity contribution in [1.29, 1.82) is 0 Å². The number of halogens is 2. The maximum absolute atomic E-state index is 13.9. The number of hydrogen-bond acceptors (Lipinski definition) is 3. The van der Waals surface area contributed by atoms with Crippen LogP contribution in [-0.4, -0.2) is 44.9 Å². The third kappa shape index (κ3) is 3.19. The van der Waals surface area contributed by atoms with Gasteiger partial charge in [0.15, 0.2) is 0 Å². The minimum Gasteiger partial charge on any atom is -0.496 e. The minimum atomic E-state index is -0.398. The third-order valence-electron chi connectivity index (χ3n) is 4.22. The summed E-state index contributed by atoms with van der Waals surface area (Å²) in [4.78, 5) is 2.21. The zero-order valence-electron chi connectivity index (χ0n) is 12.7. The van der Waals surface area contributed by atoms with E-state index in [9.17, 15) is 4.39 Å². The normalized spacial score (nSPS) is 17.0. The van der Waals surface area contributed by atoms with Crippen LogP contribution in [-0.2, 0) is 0 Å². The SMILES string of the molecule is COc1ccc2ccccc2c1[C@H](CF)N1CCNCC1.Cl. The van der Waals surface area contributed by atoms with Gasteiger partial charge in [0.2, 0.25) is 0 Å². The van der Waals surface area contributed by atoms with E-state index < -0.39 is 6.67 Å². The maximum Gasteiger partial charge on any atom is 0.124 e. The molecular weight excluding hydrogens is 303 g/mol. The molecule has 1 aliphatic heterocycles. The number of methoxy groups -OCH3 is 1. The lowest BCUT2D eigenvalue weighted by atomic mass is 9.96. The lowest BCUT2D eigenvalue weighted by molar-refractivity contribution is 0.146. The topological polar surface area (TPSA) is 24.5 Å². The fourth-order valence-electron chi connectivity index (χ4n) is 3.15. The number of hydrogen-bond donors (Lipinski definition) is 1. The molecule has 1 saturated heterocycles. The Morgan fingerprint density at radius 1 is 1.18 bits per heavy atom. The molecule has 0 amide bonds. The summed E-state index contributed by atoms with van der Waals surface area (Å²) in [5.41, 5.74) is 0.972. The first-order valence-corrected chi connectivity index (χ1v) is 7.41. The fourth-order valence-corrected chi connectivity index (χ4v) is 3.15. The standard InChI is InChI=1S/C17H21FN2O.ClH/c1-21-16-7-6-13-4-2-3-5-14(13)17(16)15(12-18)20-10-8-19-9-11-20;/h2-7,15,19H,8-12H2,1H3;1H/t15-;/m0./s1. The van der Waals surface area contributed by atoms with Crippen LogP contribution in [0.3, 0.4) is 0 Å². The van der Waals surface area contributed by atoms with Crippen molar-refractivity contribution < 1.29 is 9.13 Å². The summed E-state index contributed by atoms with van der Waals surface area (Å²) in [6.45, 7) is 3.14. The molecule has 0 unspecified atom stereocenters. The van der Waals surface area contributed by atoms with Gasteiger partial charge < -0.3 is 10.1 Å². The molecule has 1 N–H and O–H groups in total. The zero-order chi connectivity index (χ0) is 14.7. The summed E-state index contributed by atoms with van der Waals surface area (Å²) in [7, 11) is 1.65. The number of alkyl halides is 1. The lowest BCUT2D eigenvalue weighted by Crippen LogP contribution is -2.45. The highest BCUT2D eigenvalue weighted by Crippen LogP contribution is 2.36. The van der Waals surface area contributed by atoms with Gasteiger partial charge in [-0.25, -0.2) is 4.39 Å². The summed E-state index contributed by atoms with van der Waals surface area (Å²) in [6, 6.07) is 11.9. The molecule has 0 radical (unpaired) electrons. The molecule has 2 aromatic rings. The molecule has 1 atom stereocenters. The highest BCUT2D eigenvalue weighted by Gasteiger charge is 2.26. The molecule has 1 aliphatic rings. The molecule has 5 heteroatoms. The summed E-state index contributed by atoms with van der Waals surface area (Å²) in [6.07, 6.45) is 0. The van der Waals surface area contributed by atoms with Crippen LogP contribution in [0.5, 0.6) is 5.75 Å². The van der Waals surface area contributed by atoms with Crippen LogP contribution in [0.15, 0.2) is 36.4 Å². The van der Waals surface area contributed by atoms with Gasteiger partial charge in [0.05, 0.1) is 13.2 Å². The molecule has 0 saturated carbocycles. The van der Waals surface area contributed by atoms with E-state index in [1.54, 1.807) is 7.11 Å². The van der Waals surface area contributed by atoms with Gasteiger partial charge in [-0.3, -0.25) is 4.90 Å². The highest BCUT2D eigenvalue weighted by molar-refractivity contribution is 5.88. The Morgan fingerprint density at radius 3 is 2.59 bits per heavy atom. The van der Waals surface area contributed by atoms with Crippen LogP contribution in [0.25, 0.3) is 10.8 Å². The Kier molecular flexibility index (Phi) is 6.00. The molecule has 3 rings (SSSR count). The first-order chi connectivity index (χ1) is 10.3. The van der Waals surface area contributed by atoms with Gasteiger partial charge in [-0.1, -0.05) is 30.3 Å². The summed E-state index contributed by atoms with van der Waals surface area (Å²) < 4.78 is 19.4. The van der Waals surface area contributed by atoms with E-state index in [-0.39, 0.29) is 18.4 Å². The van der Waals surface area contributed by atoms with E-state index in [4.69, 9.17) is 4.74 Å². The second kappa shape index (κ2) is 7.77. The first kappa shape index (κ1) is 17.0. The number of piperazine rings is 1. The average molecular weight is 325 g/mol. The summed E-state index contributed by atoms with van der Waals surface area (Å²) >= 11 is 0. The van der Waals surface area contributed by atoms with Crippen molar-refractivity contribution in [1.82, 2.24) is 10.2 Å². The lowest BCUT2D eigenvalue weighted by Gasteiger charge is -2.34. The molecule has 0 aromatic heterocycles. The summed E-state index contributed by atoms with van der Waals surface area (Å²) in [5, 5.41) is 5.52. The summed E-state index contributed by atoms with van der Waals surface area (Å²) in [5.74, 6) is 0.773. The number of fused-ring (bicyclic) bond motifs is 1. The van der Waals surface area contributed by atoms with Crippen molar-refractivity contribution in [2.24, 2.45) is 0 Å². The largest absolute Gasteiger partial charge is 0.496 e. The Balaban J connectivity index is 0.00000176. The molecule has 3 nitrogen and oxygen atoms in total. The Hall–Kier alpha value is -1.36. The number of ether oxygens (including phenoxy) is 1. The Labute approximate surface area is 136 Å². The van der Waals surface area contributed by atoms with Crippen molar-refractivity contribution in [2.45, 2.75) is 6.04 Å². The molecule has 0 bridgehead atoms. The number of nitrogens with zero attached hydrogens (tertiary/aromatic N) is 1.